The highest BCUT2D eigenvalue weighted by atomic mass is 15.6. The van der Waals surface area contributed by atoms with Gasteiger partial charge in [0.2, 0.25) is 0 Å². The van der Waals surface area contributed by atoms with Crippen molar-refractivity contribution in [3.8, 4) is 5.69 Å². The number of aryl methyl sites for hydroxylation is 1. The van der Waals surface area contributed by atoms with Gasteiger partial charge in [0.15, 0.2) is 5.82 Å². The number of nitrogens with one attached hydrogen (secondary N) is 1. The van der Waals surface area contributed by atoms with Crippen LogP contribution >= 0.6 is 0 Å². The molecule has 0 spiro atoms. The van der Waals surface area contributed by atoms with Crippen LogP contribution in [0.5, 0.6) is 0 Å². The van der Waals surface area contributed by atoms with E-state index < -0.39 is 0 Å². The molecule has 5 heteroatoms. The van der Waals surface area contributed by atoms with Gasteiger partial charge < -0.3 is 5.32 Å². The summed E-state index contributed by atoms with van der Waals surface area (Å²) in [5.41, 5.74) is 2.23. The van der Waals surface area contributed by atoms with Gasteiger partial charge in [0.25, 0.3) is 0 Å². The Hall–Kier alpha value is -1.75. The third-order valence-electron chi connectivity index (χ3n) is 5.69. The Morgan fingerprint density at radius 1 is 1.08 bits per heavy atom. The first-order valence-electron chi connectivity index (χ1n) is 9.40. The number of benzene rings is 1. The van der Waals surface area contributed by atoms with Crippen LogP contribution in [0, 0.1) is 6.92 Å². The summed E-state index contributed by atoms with van der Waals surface area (Å²) in [6.45, 7) is 2.11. The van der Waals surface area contributed by atoms with Crippen molar-refractivity contribution in [1.29, 1.82) is 0 Å². The van der Waals surface area contributed by atoms with Gasteiger partial charge in [-0.05, 0) is 60.7 Å². The van der Waals surface area contributed by atoms with Crippen molar-refractivity contribution >= 4 is 0 Å². The van der Waals surface area contributed by atoms with Crippen molar-refractivity contribution in [2.75, 3.05) is 0 Å². The van der Waals surface area contributed by atoms with Gasteiger partial charge >= 0.3 is 0 Å². The molecule has 0 aliphatic heterocycles. The molecular formula is C19H27N5. The number of hydrogen-bond donors (Lipinski definition) is 1. The van der Waals surface area contributed by atoms with Gasteiger partial charge in [-0.2, -0.15) is 4.68 Å². The zero-order chi connectivity index (χ0) is 16.4. The smallest absolute Gasteiger partial charge is 0.176 e. The van der Waals surface area contributed by atoms with Crippen LogP contribution in [0.25, 0.3) is 5.69 Å². The van der Waals surface area contributed by atoms with E-state index >= 15 is 0 Å². The first-order chi connectivity index (χ1) is 11.8. The van der Waals surface area contributed by atoms with E-state index in [9.17, 15) is 0 Å². The average molecular weight is 325 g/mol. The average Bonchev–Trinajstić information content (AvgIpc) is 3.25. The van der Waals surface area contributed by atoms with E-state index in [1.165, 1.54) is 50.5 Å². The summed E-state index contributed by atoms with van der Waals surface area (Å²) in [4.78, 5) is 0. The quantitative estimate of drug-likeness (QED) is 0.932. The van der Waals surface area contributed by atoms with Crippen LogP contribution in [-0.2, 0) is 5.54 Å². The minimum atomic E-state index is -0.0603. The molecule has 2 aromatic rings. The highest BCUT2D eigenvalue weighted by Crippen LogP contribution is 2.39. The van der Waals surface area contributed by atoms with Crippen LogP contribution in [-0.4, -0.2) is 26.2 Å². The molecule has 5 nitrogen and oxygen atoms in total. The number of tetrazole rings is 1. The summed E-state index contributed by atoms with van der Waals surface area (Å²) in [5, 5.41) is 16.8. The van der Waals surface area contributed by atoms with Crippen LogP contribution in [0.4, 0.5) is 0 Å². The van der Waals surface area contributed by atoms with Gasteiger partial charge in [-0.15, -0.1) is 5.10 Å². The molecule has 128 valence electrons. The molecule has 24 heavy (non-hydrogen) atoms. The maximum absolute atomic E-state index is 4.48. The molecular weight excluding hydrogens is 298 g/mol. The molecule has 0 radical (unpaired) electrons. The zero-order valence-corrected chi connectivity index (χ0v) is 14.5. The highest BCUT2D eigenvalue weighted by molar-refractivity contribution is 5.36. The Balaban J connectivity index is 1.68. The van der Waals surface area contributed by atoms with Gasteiger partial charge in [0, 0.05) is 6.04 Å². The normalized spacial score (nSPS) is 21.2. The lowest BCUT2D eigenvalue weighted by Gasteiger charge is -2.35. The number of nitrogens with zero attached hydrogens (tertiary/aromatic N) is 4. The molecule has 0 atom stereocenters. The maximum Gasteiger partial charge on any atom is 0.176 e. The van der Waals surface area contributed by atoms with Gasteiger partial charge in [0.1, 0.15) is 0 Å². The zero-order valence-electron chi connectivity index (χ0n) is 14.5. The first kappa shape index (κ1) is 15.8. The van der Waals surface area contributed by atoms with Gasteiger partial charge in [-0.1, -0.05) is 44.2 Å². The van der Waals surface area contributed by atoms with Crippen molar-refractivity contribution < 1.29 is 0 Å². The Morgan fingerprint density at radius 3 is 2.62 bits per heavy atom. The molecule has 4 rings (SSSR count). The lowest BCUT2D eigenvalue weighted by atomic mass is 9.89. The predicted molar refractivity (Wildman–Crippen MR) is 94.0 cm³/mol. The van der Waals surface area contributed by atoms with Gasteiger partial charge in [-0.3, -0.25) is 0 Å². The molecule has 1 aromatic carbocycles. The van der Waals surface area contributed by atoms with Crippen molar-refractivity contribution in [3.63, 3.8) is 0 Å². The fourth-order valence-electron chi connectivity index (χ4n) is 4.47. The summed E-state index contributed by atoms with van der Waals surface area (Å²) in [7, 11) is 0. The Morgan fingerprint density at radius 2 is 1.88 bits per heavy atom. The van der Waals surface area contributed by atoms with Gasteiger partial charge in [0.05, 0.1) is 11.2 Å². The van der Waals surface area contributed by atoms with Crippen LogP contribution < -0.4 is 5.32 Å². The third kappa shape index (κ3) is 2.97. The topological polar surface area (TPSA) is 55.6 Å². The van der Waals surface area contributed by atoms with Gasteiger partial charge in [-0.25, -0.2) is 0 Å². The highest BCUT2D eigenvalue weighted by Gasteiger charge is 2.42. The standard InChI is InChI=1S/C19H27N5/c1-15-8-7-11-17(14-15)24-18(21-22-23-24)19(12-5-6-13-19)20-16-9-3-2-4-10-16/h7-8,11,14,16,20H,2-6,9-10,12-13H2,1H3. The Labute approximate surface area is 143 Å². The molecule has 2 aliphatic carbocycles. The monoisotopic (exact) mass is 325 g/mol. The molecule has 0 unspecified atom stereocenters. The van der Waals surface area contributed by atoms with Crippen LogP contribution in [0.15, 0.2) is 24.3 Å². The molecule has 1 N–H and O–H groups in total. The van der Waals surface area contributed by atoms with E-state index in [0.29, 0.717) is 6.04 Å². The molecule has 0 saturated heterocycles. The second-order valence-electron chi connectivity index (χ2n) is 7.52. The van der Waals surface area contributed by atoms with E-state index in [1.807, 2.05) is 4.68 Å². The summed E-state index contributed by atoms with van der Waals surface area (Å²) >= 11 is 0. The van der Waals surface area contributed by atoms with E-state index in [-0.39, 0.29) is 5.54 Å². The van der Waals surface area contributed by atoms with Crippen molar-refractivity contribution in [2.24, 2.45) is 0 Å². The molecule has 1 aromatic heterocycles. The fraction of sp³-hybridized carbons (Fsp3) is 0.632. The molecule has 2 aliphatic rings. The van der Waals surface area contributed by atoms with Crippen molar-refractivity contribution in [1.82, 2.24) is 25.5 Å². The van der Waals surface area contributed by atoms with E-state index in [1.54, 1.807) is 0 Å². The SMILES string of the molecule is Cc1cccc(-n2nnnc2C2(NC3CCCCC3)CCCC2)c1. The predicted octanol–water partition coefficient (Wildman–Crippen LogP) is 3.66. The molecule has 0 bridgehead atoms. The molecule has 2 saturated carbocycles. The van der Waals surface area contributed by atoms with E-state index in [0.717, 1.165) is 24.4 Å². The van der Waals surface area contributed by atoms with E-state index in [4.69, 9.17) is 0 Å². The summed E-state index contributed by atoms with van der Waals surface area (Å²) in [5.74, 6) is 0.996. The summed E-state index contributed by atoms with van der Waals surface area (Å²) in [6.07, 6.45) is 11.4. The molecule has 1 heterocycles. The second-order valence-corrected chi connectivity index (χ2v) is 7.52. The van der Waals surface area contributed by atoms with Crippen LogP contribution in [0.3, 0.4) is 0 Å². The number of aromatic nitrogens is 4. The summed E-state index contributed by atoms with van der Waals surface area (Å²) < 4.78 is 1.95. The molecule has 0 amide bonds. The number of rotatable bonds is 4. The maximum atomic E-state index is 4.48. The minimum Gasteiger partial charge on any atom is -0.302 e. The lowest BCUT2D eigenvalue weighted by molar-refractivity contribution is 0.237. The fourth-order valence-corrected chi connectivity index (χ4v) is 4.47. The second kappa shape index (κ2) is 6.63. The lowest BCUT2D eigenvalue weighted by Crippen LogP contribution is -2.48. The van der Waals surface area contributed by atoms with Crippen LogP contribution in [0.2, 0.25) is 0 Å². The third-order valence-corrected chi connectivity index (χ3v) is 5.69. The minimum absolute atomic E-state index is 0.0603. The Bertz CT molecular complexity index is 681. The van der Waals surface area contributed by atoms with Crippen LogP contribution in [0.1, 0.15) is 69.2 Å². The Kier molecular flexibility index (Phi) is 4.35. The first-order valence-corrected chi connectivity index (χ1v) is 9.40. The number of hydrogen-bond acceptors (Lipinski definition) is 4. The van der Waals surface area contributed by atoms with E-state index in [2.05, 4.69) is 52.0 Å². The molecule has 2 fully saturated rings. The summed E-state index contributed by atoms with van der Waals surface area (Å²) in [6, 6.07) is 9.05. The van der Waals surface area contributed by atoms with Crippen molar-refractivity contribution in [2.45, 2.75) is 76.3 Å². The largest absolute Gasteiger partial charge is 0.302 e. The van der Waals surface area contributed by atoms with Crippen molar-refractivity contribution in [3.05, 3.63) is 35.7 Å².